The first kappa shape index (κ1) is 18.9. The van der Waals surface area contributed by atoms with Crippen molar-refractivity contribution in [3.8, 4) is 5.75 Å². The van der Waals surface area contributed by atoms with Crippen LogP contribution in [0.1, 0.15) is 0 Å². The fourth-order valence-electron chi connectivity index (χ4n) is 2.84. The molecule has 0 saturated carbocycles. The van der Waals surface area contributed by atoms with Crippen LogP contribution in [0.4, 0.5) is 17.1 Å². The maximum absolute atomic E-state index is 13.0. The first-order valence-electron chi connectivity index (χ1n) is 8.31. The summed E-state index contributed by atoms with van der Waals surface area (Å²) in [5, 5.41) is 18.6. The van der Waals surface area contributed by atoms with Gasteiger partial charge in [-0.3, -0.25) is 9.82 Å². The van der Waals surface area contributed by atoms with E-state index in [-0.39, 0.29) is 27.7 Å². The number of aromatic hydroxyl groups is 1. The number of nitrogens with one attached hydrogen (secondary N) is 2. The third kappa shape index (κ3) is 3.52. The highest BCUT2D eigenvalue weighted by Gasteiger charge is 2.22. The predicted octanol–water partition coefficient (Wildman–Crippen LogP) is 2.78. The van der Waals surface area contributed by atoms with Crippen LogP contribution in [0.5, 0.6) is 5.75 Å². The quantitative estimate of drug-likeness (QED) is 0.239. The van der Waals surface area contributed by atoms with Crippen LogP contribution in [0.25, 0.3) is 10.8 Å². The zero-order valence-electron chi connectivity index (χ0n) is 14.8. The zero-order valence-corrected chi connectivity index (χ0v) is 16.5. The minimum Gasteiger partial charge on any atom is -0.506 e. The molecule has 4 aromatic rings. The number of para-hydroxylation sites is 1. The lowest BCUT2D eigenvalue weighted by molar-refractivity contribution is 0.469. The summed E-state index contributed by atoms with van der Waals surface area (Å²) < 4.78 is 28.5. The van der Waals surface area contributed by atoms with Crippen LogP contribution in [0.15, 0.2) is 69.8 Å². The van der Waals surface area contributed by atoms with Crippen molar-refractivity contribution in [1.82, 2.24) is 15.2 Å². The normalized spacial score (nSPS) is 11.6. The molecule has 0 amide bonds. The average Bonchev–Trinajstić information content (AvgIpc) is 3.20. The van der Waals surface area contributed by atoms with Crippen molar-refractivity contribution < 1.29 is 13.5 Å². The molecule has 9 nitrogen and oxygen atoms in total. The van der Waals surface area contributed by atoms with Crippen LogP contribution in [0.3, 0.4) is 0 Å². The van der Waals surface area contributed by atoms with E-state index in [0.717, 1.165) is 11.8 Å². The number of H-pyrrole nitrogens is 1. The number of anilines is 3. The van der Waals surface area contributed by atoms with Gasteiger partial charge in [0.05, 0.1) is 22.0 Å². The number of phenolic OH excluding ortho intramolecular Hbond substituents is 1. The Labute approximate surface area is 170 Å². The molecular formula is C18H16N6O3S2. The standard InChI is InChI=1S/C18H16N6O3S2/c19-12-6-3-7-15(16(12)20)29(26,27)24-13-8-14(28-18-21-9-22-23-18)17(25)11-5-2-1-4-10(11)13/h1-9,24-25H,19-20H2,(H,21,22,23). The van der Waals surface area contributed by atoms with Crippen LogP contribution >= 0.6 is 11.8 Å². The van der Waals surface area contributed by atoms with Crippen molar-refractivity contribution >= 4 is 49.6 Å². The molecule has 0 aliphatic heterocycles. The highest BCUT2D eigenvalue weighted by Crippen LogP contribution is 2.42. The number of nitrogens with zero attached hydrogens (tertiary/aromatic N) is 2. The van der Waals surface area contributed by atoms with Gasteiger partial charge in [-0.1, -0.05) is 30.3 Å². The summed E-state index contributed by atoms with van der Waals surface area (Å²) in [6, 6.07) is 12.8. The van der Waals surface area contributed by atoms with E-state index in [1.165, 1.54) is 30.6 Å². The average molecular weight is 428 g/mol. The molecule has 29 heavy (non-hydrogen) atoms. The van der Waals surface area contributed by atoms with Crippen molar-refractivity contribution in [3.05, 3.63) is 54.9 Å². The second-order valence-electron chi connectivity index (χ2n) is 6.07. The van der Waals surface area contributed by atoms with Gasteiger partial charge in [0.25, 0.3) is 10.0 Å². The Morgan fingerprint density at radius 2 is 1.83 bits per heavy atom. The number of hydrogen-bond donors (Lipinski definition) is 5. The smallest absolute Gasteiger partial charge is 0.264 e. The molecule has 4 rings (SSSR count). The lowest BCUT2D eigenvalue weighted by atomic mass is 10.1. The van der Waals surface area contributed by atoms with Crippen molar-refractivity contribution in [2.45, 2.75) is 14.9 Å². The van der Waals surface area contributed by atoms with Crippen molar-refractivity contribution in [1.29, 1.82) is 0 Å². The number of aromatic nitrogens is 3. The molecule has 0 unspecified atom stereocenters. The number of phenols is 1. The molecule has 0 saturated heterocycles. The van der Waals surface area contributed by atoms with Gasteiger partial charge >= 0.3 is 0 Å². The molecule has 0 spiro atoms. The molecule has 1 aromatic heterocycles. The number of nitrogen functional groups attached to an aromatic ring is 2. The summed E-state index contributed by atoms with van der Waals surface area (Å²) in [6.45, 7) is 0. The van der Waals surface area contributed by atoms with E-state index in [4.69, 9.17) is 11.5 Å². The Morgan fingerprint density at radius 3 is 2.55 bits per heavy atom. The monoisotopic (exact) mass is 428 g/mol. The molecule has 0 radical (unpaired) electrons. The summed E-state index contributed by atoms with van der Waals surface area (Å²) >= 11 is 1.12. The minimum atomic E-state index is -4.03. The zero-order chi connectivity index (χ0) is 20.6. The molecule has 0 aliphatic carbocycles. The summed E-state index contributed by atoms with van der Waals surface area (Å²) in [4.78, 5) is 4.30. The van der Waals surface area contributed by atoms with Gasteiger partial charge in [0.15, 0.2) is 5.16 Å². The topological polar surface area (TPSA) is 160 Å². The molecule has 0 fully saturated rings. The number of nitrogens with two attached hydrogens (primary N) is 2. The maximum Gasteiger partial charge on any atom is 0.264 e. The van der Waals surface area contributed by atoms with Gasteiger partial charge in [0.2, 0.25) is 0 Å². The summed E-state index contributed by atoms with van der Waals surface area (Å²) in [5.41, 5.74) is 12.0. The first-order chi connectivity index (χ1) is 13.9. The second-order valence-corrected chi connectivity index (χ2v) is 8.76. The number of rotatable bonds is 5. The lowest BCUT2D eigenvalue weighted by Gasteiger charge is -2.15. The van der Waals surface area contributed by atoms with Crippen molar-refractivity contribution in [2.75, 3.05) is 16.2 Å². The molecular weight excluding hydrogens is 412 g/mol. The third-order valence-corrected chi connectivity index (χ3v) is 6.56. The SMILES string of the molecule is Nc1cccc(S(=O)(=O)Nc2cc(Sc3ncn[nH]3)c(O)c3ccccc23)c1N. The fourth-order valence-corrected chi connectivity index (χ4v) is 4.86. The Morgan fingerprint density at radius 1 is 1.07 bits per heavy atom. The van der Waals surface area contributed by atoms with E-state index in [1.54, 1.807) is 24.3 Å². The van der Waals surface area contributed by atoms with Gasteiger partial charge in [-0.2, -0.15) is 5.10 Å². The van der Waals surface area contributed by atoms with E-state index >= 15 is 0 Å². The van der Waals surface area contributed by atoms with Gasteiger partial charge in [-0.05, 0) is 30.0 Å². The third-order valence-electron chi connectivity index (χ3n) is 4.21. The highest BCUT2D eigenvalue weighted by atomic mass is 32.2. The summed E-state index contributed by atoms with van der Waals surface area (Å²) in [6.07, 6.45) is 1.34. The Kier molecular flexibility index (Phi) is 4.68. The van der Waals surface area contributed by atoms with E-state index in [0.29, 0.717) is 20.8 Å². The van der Waals surface area contributed by atoms with Crippen LogP contribution < -0.4 is 16.2 Å². The first-order valence-corrected chi connectivity index (χ1v) is 10.6. The fraction of sp³-hybridized carbons (Fsp3) is 0. The Bertz CT molecular complexity index is 1310. The number of benzene rings is 3. The van der Waals surface area contributed by atoms with Crippen molar-refractivity contribution in [2.24, 2.45) is 0 Å². The lowest BCUT2D eigenvalue weighted by Crippen LogP contribution is -2.16. The van der Waals surface area contributed by atoms with Crippen LogP contribution in [-0.2, 0) is 10.0 Å². The maximum atomic E-state index is 13.0. The van der Waals surface area contributed by atoms with Gasteiger partial charge < -0.3 is 16.6 Å². The predicted molar refractivity (Wildman–Crippen MR) is 112 cm³/mol. The van der Waals surface area contributed by atoms with Gasteiger partial charge in [0, 0.05) is 10.8 Å². The van der Waals surface area contributed by atoms with Crippen LogP contribution in [-0.4, -0.2) is 28.7 Å². The summed E-state index contributed by atoms with van der Waals surface area (Å²) in [5.74, 6) is 0.00779. The number of hydrogen-bond acceptors (Lipinski definition) is 8. The van der Waals surface area contributed by atoms with E-state index in [9.17, 15) is 13.5 Å². The number of aromatic amines is 1. The molecule has 1 heterocycles. The number of fused-ring (bicyclic) bond motifs is 1. The van der Waals surface area contributed by atoms with Gasteiger partial charge in [0.1, 0.15) is 17.0 Å². The Balaban J connectivity index is 1.84. The van der Waals surface area contributed by atoms with E-state index < -0.39 is 10.0 Å². The molecule has 148 valence electrons. The van der Waals surface area contributed by atoms with Gasteiger partial charge in [-0.15, -0.1) is 0 Å². The molecule has 0 bridgehead atoms. The molecule has 7 N–H and O–H groups in total. The Hall–Kier alpha value is -3.44. The van der Waals surface area contributed by atoms with E-state index in [2.05, 4.69) is 19.9 Å². The van der Waals surface area contributed by atoms with Gasteiger partial charge in [-0.25, -0.2) is 13.4 Å². The second kappa shape index (κ2) is 7.18. The van der Waals surface area contributed by atoms with Crippen LogP contribution in [0, 0.1) is 0 Å². The number of sulfonamides is 1. The molecule has 11 heteroatoms. The molecule has 0 atom stereocenters. The minimum absolute atomic E-state index is 0.00779. The van der Waals surface area contributed by atoms with E-state index in [1.807, 2.05) is 0 Å². The van der Waals surface area contributed by atoms with Crippen LogP contribution in [0.2, 0.25) is 0 Å². The molecule has 0 aliphatic rings. The van der Waals surface area contributed by atoms with Crippen molar-refractivity contribution in [3.63, 3.8) is 0 Å². The highest BCUT2D eigenvalue weighted by molar-refractivity contribution is 7.99. The molecule has 3 aromatic carbocycles. The summed E-state index contributed by atoms with van der Waals surface area (Å²) in [7, 11) is -4.03. The largest absolute Gasteiger partial charge is 0.506 e.